The fourth-order valence-corrected chi connectivity index (χ4v) is 4.75. The van der Waals surface area contributed by atoms with Crippen LogP contribution in [0.15, 0.2) is 67.1 Å². The number of amides is 3. The molecular weight excluding hydrogens is 548 g/mol. The Balaban J connectivity index is 1.52. The Kier molecular flexibility index (Phi) is 10.4. The molecule has 3 aromatic rings. The number of nitrogens with zero attached hydrogens (tertiary/aromatic N) is 3. The second kappa shape index (κ2) is 14.2. The maximum Gasteiger partial charge on any atom is 0.250 e. The van der Waals surface area contributed by atoms with Crippen molar-refractivity contribution in [3.8, 4) is 0 Å². The summed E-state index contributed by atoms with van der Waals surface area (Å²) in [5, 5.41) is 5.41. The van der Waals surface area contributed by atoms with E-state index in [1.165, 1.54) is 6.33 Å². The molecular formula is C32H40N6O5. The summed E-state index contributed by atoms with van der Waals surface area (Å²) in [6.45, 7) is 6.74. The van der Waals surface area contributed by atoms with Crippen molar-refractivity contribution in [2.45, 2.75) is 57.8 Å². The minimum absolute atomic E-state index is 0.0920. The highest BCUT2D eigenvalue weighted by Gasteiger charge is 2.31. The number of piperidine rings is 1. The van der Waals surface area contributed by atoms with Crippen LogP contribution in [0.1, 0.15) is 61.1 Å². The SMILES string of the molecule is CC1CCN(C(=O)[C@@H](c2ccc(C=O)cc2)n2cnc(NC(=O)[C@@H](COCc3ccccc3)NC(=O)C(C)(C)N)c2)CC1. The Morgan fingerprint density at radius 1 is 1.09 bits per heavy atom. The van der Waals surface area contributed by atoms with Crippen molar-refractivity contribution in [1.82, 2.24) is 19.8 Å². The molecule has 4 N–H and O–H groups in total. The molecule has 3 amide bonds. The maximum atomic E-state index is 13.8. The summed E-state index contributed by atoms with van der Waals surface area (Å²) < 4.78 is 7.41. The van der Waals surface area contributed by atoms with Gasteiger partial charge in [0, 0.05) is 24.8 Å². The van der Waals surface area contributed by atoms with Crippen LogP contribution in [0.4, 0.5) is 5.82 Å². The van der Waals surface area contributed by atoms with Crippen LogP contribution in [0, 0.1) is 5.92 Å². The van der Waals surface area contributed by atoms with Gasteiger partial charge in [0.25, 0.3) is 5.91 Å². The van der Waals surface area contributed by atoms with E-state index >= 15 is 0 Å². The lowest BCUT2D eigenvalue weighted by molar-refractivity contribution is -0.135. The normalized spacial score (nSPS) is 15.4. The summed E-state index contributed by atoms with van der Waals surface area (Å²) in [6.07, 6.45) is 5.67. The van der Waals surface area contributed by atoms with Crippen LogP contribution in [0.5, 0.6) is 0 Å². The zero-order valence-corrected chi connectivity index (χ0v) is 24.9. The van der Waals surface area contributed by atoms with Gasteiger partial charge in [0.15, 0.2) is 5.82 Å². The van der Waals surface area contributed by atoms with Crippen LogP contribution >= 0.6 is 0 Å². The van der Waals surface area contributed by atoms with E-state index in [9.17, 15) is 19.2 Å². The number of aldehydes is 1. The van der Waals surface area contributed by atoms with E-state index in [4.69, 9.17) is 10.5 Å². The summed E-state index contributed by atoms with van der Waals surface area (Å²) in [6, 6.07) is 14.5. The number of likely N-dealkylation sites (tertiary alicyclic amines) is 1. The maximum absolute atomic E-state index is 13.8. The number of anilines is 1. The van der Waals surface area contributed by atoms with Gasteiger partial charge in [0.05, 0.1) is 25.1 Å². The van der Waals surface area contributed by atoms with Gasteiger partial charge in [0.1, 0.15) is 18.4 Å². The molecule has 0 bridgehead atoms. The molecule has 1 saturated heterocycles. The summed E-state index contributed by atoms with van der Waals surface area (Å²) in [5.74, 6) is -0.389. The minimum Gasteiger partial charge on any atom is -0.374 e. The lowest BCUT2D eigenvalue weighted by Crippen LogP contribution is -2.56. The minimum atomic E-state index is -1.21. The van der Waals surface area contributed by atoms with Gasteiger partial charge >= 0.3 is 0 Å². The predicted molar refractivity (Wildman–Crippen MR) is 162 cm³/mol. The van der Waals surface area contributed by atoms with E-state index in [1.54, 1.807) is 48.9 Å². The summed E-state index contributed by atoms with van der Waals surface area (Å²) in [5.41, 5.74) is 6.86. The molecule has 2 heterocycles. The third-order valence-electron chi connectivity index (χ3n) is 7.47. The zero-order chi connectivity index (χ0) is 31.0. The smallest absolute Gasteiger partial charge is 0.250 e. The van der Waals surface area contributed by atoms with E-state index in [0.717, 1.165) is 24.7 Å². The number of rotatable bonds is 12. The first-order valence-corrected chi connectivity index (χ1v) is 14.4. The van der Waals surface area contributed by atoms with Gasteiger partial charge in [0.2, 0.25) is 11.8 Å². The molecule has 0 unspecified atom stereocenters. The van der Waals surface area contributed by atoms with Gasteiger partial charge in [-0.05, 0) is 43.7 Å². The molecule has 11 heteroatoms. The highest BCUT2D eigenvalue weighted by molar-refractivity contribution is 5.98. The lowest BCUT2D eigenvalue weighted by atomic mass is 9.97. The zero-order valence-electron chi connectivity index (χ0n) is 24.9. The number of hydrogen-bond acceptors (Lipinski definition) is 7. The third-order valence-corrected chi connectivity index (χ3v) is 7.47. The van der Waals surface area contributed by atoms with Gasteiger partial charge < -0.3 is 30.6 Å². The first-order chi connectivity index (χ1) is 20.5. The molecule has 1 aliphatic rings. The number of carbonyl (C=O) groups excluding carboxylic acids is 4. The van der Waals surface area contributed by atoms with Gasteiger partial charge in [-0.2, -0.15) is 0 Å². The quantitative estimate of drug-likeness (QED) is 0.276. The molecule has 0 spiro atoms. The largest absolute Gasteiger partial charge is 0.374 e. The summed E-state index contributed by atoms with van der Waals surface area (Å²) >= 11 is 0. The molecule has 4 rings (SSSR count). The molecule has 2 aromatic carbocycles. The van der Waals surface area contributed by atoms with Crippen molar-refractivity contribution in [3.05, 3.63) is 83.8 Å². The van der Waals surface area contributed by atoms with Crippen LogP contribution in [0.25, 0.3) is 0 Å². The van der Waals surface area contributed by atoms with Gasteiger partial charge in [-0.1, -0.05) is 61.5 Å². The number of nitrogens with one attached hydrogen (secondary N) is 2. The van der Waals surface area contributed by atoms with Crippen LogP contribution in [-0.4, -0.2) is 69.7 Å². The Labute approximate surface area is 251 Å². The number of imidazole rings is 1. The van der Waals surface area contributed by atoms with Crippen molar-refractivity contribution in [2.24, 2.45) is 11.7 Å². The number of nitrogens with two attached hydrogens (primary N) is 1. The lowest BCUT2D eigenvalue weighted by Gasteiger charge is -2.33. The Morgan fingerprint density at radius 2 is 1.77 bits per heavy atom. The molecule has 2 atom stereocenters. The topological polar surface area (TPSA) is 149 Å². The number of benzene rings is 2. The highest BCUT2D eigenvalue weighted by atomic mass is 16.5. The van der Waals surface area contributed by atoms with Crippen molar-refractivity contribution in [1.29, 1.82) is 0 Å². The van der Waals surface area contributed by atoms with E-state index in [2.05, 4.69) is 22.5 Å². The summed E-state index contributed by atoms with van der Waals surface area (Å²) in [4.78, 5) is 57.2. The van der Waals surface area contributed by atoms with Gasteiger partial charge in [-0.25, -0.2) is 4.98 Å². The van der Waals surface area contributed by atoms with E-state index in [1.807, 2.05) is 35.2 Å². The van der Waals surface area contributed by atoms with Crippen molar-refractivity contribution < 1.29 is 23.9 Å². The van der Waals surface area contributed by atoms with Crippen molar-refractivity contribution in [3.63, 3.8) is 0 Å². The second-order valence-electron chi connectivity index (χ2n) is 11.6. The first kappa shape index (κ1) is 31.6. The molecule has 228 valence electrons. The fourth-order valence-electron chi connectivity index (χ4n) is 4.75. The molecule has 0 radical (unpaired) electrons. The molecule has 1 aromatic heterocycles. The average Bonchev–Trinajstić information content (AvgIpc) is 3.45. The van der Waals surface area contributed by atoms with E-state index < -0.39 is 29.4 Å². The molecule has 11 nitrogen and oxygen atoms in total. The van der Waals surface area contributed by atoms with Crippen LogP contribution in [0.3, 0.4) is 0 Å². The molecule has 1 aliphatic heterocycles. The standard InChI is InChI=1S/C32H40N6O5/c1-22-13-15-37(16-14-22)30(41)28(25-11-9-23(18-39)10-12-25)38-17-27(34-21-38)36-29(40)26(35-31(42)32(2,3)33)20-43-19-24-7-5-4-6-8-24/h4-12,17-18,21-22,26,28H,13-16,19-20,33H2,1-3H3,(H,35,42)(H,36,40)/t26-,28-/m1/s1. The van der Waals surface area contributed by atoms with Crippen LogP contribution in [0.2, 0.25) is 0 Å². The second-order valence-corrected chi connectivity index (χ2v) is 11.6. The monoisotopic (exact) mass is 588 g/mol. The number of aromatic nitrogens is 2. The highest BCUT2D eigenvalue weighted by Crippen LogP contribution is 2.26. The Bertz CT molecular complexity index is 1390. The third kappa shape index (κ3) is 8.59. The van der Waals surface area contributed by atoms with Crippen molar-refractivity contribution in [2.75, 3.05) is 25.0 Å². The fraction of sp³-hybridized carbons (Fsp3) is 0.406. The number of carbonyl (C=O) groups is 4. The van der Waals surface area contributed by atoms with Crippen LogP contribution in [-0.2, 0) is 25.7 Å². The predicted octanol–water partition coefficient (Wildman–Crippen LogP) is 2.92. The summed E-state index contributed by atoms with van der Waals surface area (Å²) in [7, 11) is 0. The van der Waals surface area contributed by atoms with Crippen molar-refractivity contribution >= 4 is 29.8 Å². The Hall–Kier alpha value is -4.35. The molecule has 0 aliphatic carbocycles. The number of hydrogen-bond donors (Lipinski definition) is 3. The van der Waals surface area contributed by atoms with Gasteiger partial charge in [-0.3, -0.25) is 19.2 Å². The molecule has 1 fully saturated rings. The molecule has 43 heavy (non-hydrogen) atoms. The van der Waals surface area contributed by atoms with Crippen LogP contribution < -0.4 is 16.4 Å². The number of ether oxygens (including phenoxy) is 1. The average molecular weight is 589 g/mol. The van der Waals surface area contributed by atoms with E-state index in [-0.39, 0.29) is 24.9 Å². The first-order valence-electron chi connectivity index (χ1n) is 14.4. The Morgan fingerprint density at radius 3 is 2.40 bits per heavy atom. The molecule has 0 saturated carbocycles. The van der Waals surface area contributed by atoms with E-state index in [0.29, 0.717) is 30.1 Å². The van der Waals surface area contributed by atoms with Gasteiger partial charge in [-0.15, -0.1) is 0 Å².